The molecule has 9 heteroatoms. The second kappa shape index (κ2) is 9.86. The largest absolute Gasteiger partial charge is 0.393 e. The van der Waals surface area contributed by atoms with Crippen LogP contribution in [0.25, 0.3) is 0 Å². The van der Waals surface area contributed by atoms with E-state index in [4.69, 9.17) is 4.55 Å². The number of aliphatic hydroxyl groups excluding tert-OH is 3. The number of hydrogen-bond acceptors (Lipinski definition) is 6. The first-order valence-electron chi connectivity index (χ1n) is 13.5. The van der Waals surface area contributed by atoms with Gasteiger partial charge in [0.05, 0.1) is 24.1 Å². The zero-order valence-electron chi connectivity index (χ0n) is 21.4. The van der Waals surface area contributed by atoms with Gasteiger partial charge in [-0.15, -0.1) is 0 Å². The topological polar surface area (TPSA) is 144 Å². The molecule has 4 aliphatic rings. The molecule has 4 fully saturated rings. The summed E-state index contributed by atoms with van der Waals surface area (Å²) in [6, 6.07) is 0. The average molecular weight is 516 g/mol. The van der Waals surface area contributed by atoms with Crippen LogP contribution < -0.4 is 5.32 Å². The van der Waals surface area contributed by atoms with Gasteiger partial charge in [-0.3, -0.25) is 9.35 Å². The predicted molar refractivity (Wildman–Crippen MR) is 132 cm³/mol. The van der Waals surface area contributed by atoms with Gasteiger partial charge in [0.2, 0.25) is 5.91 Å². The normalized spacial score (nSPS) is 46.3. The van der Waals surface area contributed by atoms with Crippen LogP contribution in [-0.4, -0.2) is 64.8 Å². The maximum absolute atomic E-state index is 12.2. The summed E-state index contributed by atoms with van der Waals surface area (Å²) in [5, 5.41) is 35.8. The molecule has 4 saturated carbocycles. The van der Waals surface area contributed by atoms with Gasteiger partial charge >= 0.3 is 0 Å². The van der Waals surface area contributed by atoms with Crippen LogP contribution in [0.1, 0.15) is 78.6 Å². The molecule has 11 atom stereocenters. The molecule has 0 radical (unpaired) electrons. The summed E-state index contributed by atoms with van der Waals surface area (Å²) in [5.74, 6) is 0.705. The highest BCUT2D eigenvalue weighted by Crippen LogP contribution is 2.68. The fraction of sp³-hybridized carbons (Fsp3) is 0.962. The first kappa shape index (κ1) is 27.3. The molecular formula is C26H45NO7S. The number of rotatable bonds is 7. The summed E-state index contributed by atoms with van der Waals surface area (Å²) in [6.07, 6.45) is 5.67. The number of aliphatic hydroxyl groups is 3. The molecule has 0 aromatic heterocycles. The molecule has 0 saturated heterocycles. The van der Waals surface area contributed by atoms with Crippen molar-refractivity contribution in [2.24, 2.45) is 46.3 Å². The van der Waals surface area contributed by atoms with Crippen molar-refractivity contribution in [2.45, 2.75) is 96.9 Å². The number of nitrogens with one attached hydrogen (secondary N) is 1. The highest BCUT2D eigenvalue weighted by atomic mass is 32.2. The zero-order chi connectivity index (χ0) is 25.8. The first-order valence-corrected chi connectivity index (χ1v) is 15.1. The van der Waals surface area contributed by atoms with Crippen LogP contribution in [0.2, 0.25) is 0 Å². The lowest BCUT2D eigenvalue weighted by atomic mass is 9.43. The lowest BCUT2D eigenvalue weighted by molar-refractivity contribution is -0.207. The summed E-state index contributed by atoms with van der Waals surface area (Å²) in [7, 11) is -4.10. The van der Waals surface area contributed by atoms with Gasteiger partial charge in [-0.05, 0) is 97.7 Å². The molecule has 0 spiro atoms. The molecule has 4 rings (SSSR count). The molecule has 1 amide bonds. The molecule has 0 unspecified atom stereocenters. The van der Waals surface area contributed by atoms with Crippen LogP contribution in [-0.2, 0) is 14.9 Å². The maximum atomic E-state index is 12.2. The van der Waals surface area contributed by atoms with Gasteiger partial charge in [-0.25, -0.2) is 0 Å². The van der Waals surface area contributed by atoms with E-state index >= 15 is 0 Å². The third kappa shape index (κ3) is 5.05. The SMILES string of the molecule is C[C@H](CCC(=O)NCCS(=O)(=O)O)[C@H]1CC[C@@H]2[C@@H]3[C@H](O)C[C@@H]4C[C@H](O)CC[C@]4(C)[C@H]3C[C@H](O)[C@@]21C. The van der Waals surface area contributed by atoms with E-state index in [1.165, 1.54) is 0 Å². The maximum Gasteiger partial charge on any atom is 0.266 e. The van der Waals surface area contributed by atoms with Gasteiger partial charge in [-0.1, -0.05) is 20.8 Å². The lowest BCUT2D eigenvalue weighted by Crippen LogP contribution is -2.62. The van der Waals surface area contributed by atoms with Gasteiger partial charge in [0, 0.05) is 13.0 Å². The van der Waals surface area contributed by atoms with E-state index in [0.717, 1.165) is 38.5 Å². The molecule has 35 heavy (non-hydrogen) atoms. The van der Waals surface area contributed by atoms with Crippen molar-refractivity contribution in [2.75, 3.05) is 12.3 Å². The number of amides is 1. The molecule has 0 heterocycles. The Hall–Kier alpha value is -0.740. The molecule has 4 aliphatic carbocycles. The second-order valence-electron chi connectivity index (χ2n) is 12.7. The first-order chi connectivity index (χ1) is 16.3. The second-order valence-corrected chi connectivity index (χ2v) is 14.2. The third-order valence-electron chi connectivity index (χ3n) is 11.0. The van der Waals surface area contributed by atoms with Crippen molar-refractivity contribution in [1.29, 1.82) is 0 Å². The molecule has 202 valence electrons. The Bertz CT molecular complexity index is 896. The van der Waals surface area contributed by atoms with E-state index in [1.807, 2.05) is 0 Å². The predicted octanol–water partition coefficient (Wildman–Crippen LogP) is 2.37. The van der Waals surface area contributed by atoms with Crippen LogP contribution in [0.15, 0.2) is 0 Å². The summed E-state index contributed by atoms with van der Waals surface area (Å²) in [5.41, 5.74) is -0.254. The van der Waals surface area contributed by atoms with Gasteiger partial charge in [0.15, 0.2) is 0 Å². The van der Waals surface area contributed by atoms with E-state index < -0.39 is 28.1 Å². The lowest BCUT2D eigenvalue weighted by Gasteiger charge is -2.63. The van der Waals surface area contributed by atoms with E-state index in [9.17, 15) is 28.5 Å². The Morgan fingerprint density at radius 2 is 1.77 bits per heavy atom. The van der Waals surface area contributed by atoms with Crippen LogP contribution in [0.5, 0.6) is 0 Å². The Balaban J connectivity index is 1.43. The van der Waals surface area contributed by atoms with E-state index in [0.29, 0.717) is 18.8 Å². The van der Waals surface area contributed by atoms with Crippen LogP contribution in [0, 0.1) is 46.3 Å². The van der Waals surface area contributed by atoms with Crippen molar-refractivity contribution in [3.05, 3.63) is 0 Å². The number of hydrogen-bond donors (Lipinski definition) is 5. The Morgan fingerprint density at radius 1 is 1.06 bits per heavy atom. The van der Waals surface area contributed by atoms with Crippen LogP contribution >= 0.6 is 0 Å². The summed E-state index contributed by atoms with van der Waals surface area (Å²) in [4.78, 5) is 12.2. The molecule has 5 N–H and O–H groups in total. The van der Waals surface area contributed by atoms with Crippen molar-refractivity contribution in [3.8, 4) is 0 Å². The quantitative estimate of drug-likeness (QED) is 0.327. The van der Waals surface area contributed by atoms with Crippen molar-refractivity contribution >= 4 is 16.0 Å². The fourth-order valence-electron chi connectivity index (χ4n) is 9.10. The minimum atomic E-state index is -4.10. The third-order valence-corrected chi connectivity index (χ3v) is 11.7. The Labute approximate surface area is 210 Å². The highest BCUT2D eigenvalue weighted by Gasteiger charge is 2.65. The van der Waals surface area contributed by atoms with Crippen molar-refractivity contribution in [1.82, 2.24) is 5.32 Å². The van der Waals surface area contributed by atoms with Gasteiger partial charge < -0.3 is 20.6 Å². The summed E-state index contributed by atoms with van der Waals surface area (Å²) >= 11 is 0. The minimum Gasteiger partial charge on any atom is -0.393 e. The standard InChI is InChI=1S/C26H45NO7S/c1-15(4-7-23(31)27-10-11-35(32,33)34)18-5-6-19-24-20(14-22(30)26(18,19)3)25(2)9-8-17(28)12-16(25)13-21(24)29/h15-22,24,28-30H,4-14H2,1-3H3,(H,27,31)(H,32,33,34)/t15-,16+,17-,18-,19-,20+,21-,22+,24+,25+,26-/m1/s1. The average Bonchev–Trinajstić information content (AvgIpc) is 3.12. The molecule has 0 aromatic rings. The molecule has 8 nitrogen and oxygen atoms in total. The highest BCUT2D eigenvalue weighted by molar-refractivity contribution is 7.85. The molecular weight excluding hydrogens is 470 g/mol. The monoisotopic (exact) mass is 515 g/mol. The van der Waals surface area contributed by atoms with E-state index in [1.54, 1.807) is 0 Å². The Morgan fingerprint density at radius 3 is 2.46 bits per heavy atom. The number of carbonyl (C=O) groups excluding carboxylic acids is 1. The van der Waals surface area contributed by atoms with Gasteiger partial charge in [0.25, 0.3) is 10.1 Å². The summed E-state index contributed by atoms with van der Waals surface area (Å²) in [6.45, 7) is 6.56. The fourth-order valence-corrected chi connectivity index (χ4v) is 9.46. The molecule has 0 aliphatic heterocycles. The zero-order valence-corrected chi connectivity index (χ0v) is 22.2. The smallest absolute Gasteiger partial charge is 0.266 e. The van der Waals surface area contributed by atoms with Crippen LogP contribution in [0.4, 0.5) is 0 Å². The van der Waals surface area contributed by atoms with E-state index in [2.05, 4.69) is 26.1 Å². The van der Waals surface area contributed by atoms with Gasteiger partial charge in [-0.2, -0.15) is 8.42 Å². The van der Waals surface area contributed by atoms with Crippen LogP contribution in [0.3, 0.4) is 0 Å². The van der Waals surface area contributed by atoms with E-state index in [-0.39, 0.29) is 65.4 Å². The molecule has 0 bridgehead atoms. The summed E-state index contributed by atoms with van der Waals surface area (Å²) < 4.78 is 30.5. The Kier molecular flexibility index (Phi) is 7.69. The van der Waals surface area contributed by atoms with Gasteiger partial charge in [0.1, 0.15) is 0 Å². The number of carbonyl (C=O) groups is 1. The number of fused-ring (bicyclic) bond motifs is 5. The van der Waals surface area contributed by atoms with Crippen molar-refractivity contribution in [3.63, 3.8) is 0 Å². The molecule has 0 aromatic carbocycles. The minimum absolute atomic E-state index is 0.0509. The van der Waals surface area contributed by atoms with Crippen molar-refractivity contribution < 1.29 is 33.1 Å².